The van der Waals surface area contributed by atoms with Crippen LogP contribution < -0.4 is 10.5 Å². The highest BCUT2D eigenvalue weighted by Crippen LogP contribution is 2.26. The highest BCUT2D eigenvalue weighted by atomic mass is 32.1. The van der Waals surface area contributed by atoms with Crippen LogP contribution in [-0.4, -0.2) is 12.4 Å². The molecule has 2 N–H and O–H groups in total. The van der Waals surface area contributed by atoms with E-state index in [1.165, 1.54) is 22.5 Å². The van der Waals surface area contributed by atoms with Gasteiger partial charge in [-0.05, 0) is 35.1 Å². The molecular formula is C16H17NO2S. The van der Waals surface area contributed by atoms with Gasteiger partial charge in [0.25, 0.3) is 0 Å². The summed E-state index contributed by atoms with van der Waals surface area (Å²) in [5.74, 6) is 1.08. The van der Waals surface area contributed by atoms with E-state index >= 15 is 0 Å². The molecule has 0 saturated carbocycles. The third-order valence-corrected chi connectivity index (χ3v) is 4.57. The molecule has 0 saturated heterocycles. The fourth-order valence-corrected chi connectivity index (χ4v) is 3.19. The number of aryl methyl sites for hydroxylation is 1. The van der Waals surface area contributed by atoms with Gasteiger partial charge < -0.3 is 10.5 Å². The lowest BCUT2D eigenvalue weighted by Gasteiger charge is -2.09. The molecule has 104 valence electrons. The van der Waals surface area contributed by atoms with Gasteiger partial charge in [0.1, 0.15) is 5.75 Å². The van der Waals surface area contributed by atoms with E-state index in [1.54, 1.807) is 0 Å². The molecule has 0 fully saturated rings. The van der Waals surface area contributed by atoms with Crippen molar-refractivity contribution in [2.45, 2.75) is 25.3 Å². The molecule has 1 aliphatic rings. The molecule has 3 nitrogen and oxygen atoms in total. The summed E-state index contributed by atoms with van der Waals surface area (Å²) in [5.41, 5.74) is 8.41. The number of carbonyl (C=O) groups is 1. The van der Waals surface area contributed by atoms with Crippen molar-refractivity contribution in [3.8, 4) is 5.75 Å². The smallest absolute Gasteiger partial charge is 0.155 e. The van der Waals surface area contributed by atoms with Crippen molar-refractivity contribution in [1.29, 1.82) is 0 Å². The quantitative estimate of drug-likeness (QED) is 0.920. The Morgan fingerprint density at radius 2 is 2.30 bits per heavy atom. The molecular weight excluding hydrogens is 270 g/mol. The average molecular weight is 287 g/mol. The predicted molar refractivity (Wildman–Crippen MR) is 80.2 cm³/mol. The minimum Gasteiger partial charge on any atom is -0.493 e. The molecule has 0 amide bonds. The SMILES string of the molecule is NC(C(=O)CCc1ccc2c(c1)CCO2)c1cccs1. The van der Waals surface area contributed by atoms with Crippen molar-refractivity contribution in [3.63, 3.8) is 0 Å². The number of rotatable bonds is 5. The van der Waals surface area contributed by atoms with Crippen molar-refractivity contribution in [2.24, 2.45) is 5.73 Å². The summed E-state index contributed by atoms with van der Waals surface area (Å²) in [6.07, 6.45) is 2.19. The first-order valence-corrected chi connectivity index (χ1v) is 7.68. The fraction of sp³-hybridized carbons (Fsp3) is 0.312. The second-order valence-corrected chi connectivity index (χ2v) is 5.98. The average Bonchev–Trinajstić information content (AvgIpc) is 3.13. The van der Waals surface area contributed by atoms with Gasteiger partial charge in [-0.25, -0.2) is 0 Å². The Hall–Kier alpha value is -1.65. The maximum atomic E-state index is 12.1. The van der Waals surface area contributed by atoms with Crippen molar-refractivity contribution in [2.75, 3.05) is 6.61 Å². The van der Waals surface area contributed by atoms with Crippen LogP contribution in [0.2, 0.25) is 0 Å². The number of carbonyl (C=O) groups excluding carboxylic acids is 1. The molecule has 1 aliphatic heterocycles. The number of Topliss-reactive ketones (excluding diaryl/α,β-unsaturated/α-hetero) is 1. The number of hydrogen-bond acceptors (Lipinski definition) is 4. The number of nitrogens with two attached hydrogens (primary N) is 1. The fourth-order valence-electron chi connectivity index (χ4n) is 2.45. The van der Waals surface area contributed by atoms with E-state index in [4.69, 9.17) is 10.5 Å². The summed E-state index contributed by atoms with van der Waals surface area (Å²) in [4.78, 5) is 13.0. The molecule has 3 rings (SSSR count). The molecule has 1 aromatic carbocycles. The van der Waals surface area contributed by atoms with Crippen molar-refractivity contribution in [3.05, 3.63) is 51.7 Å². The van der Waals surface area contributed by atoms with Gasteiger partial charge in [0.2, 0.25) is 0 Å². The molecule has 20 heavy (non-hydrogen) atoms. The van der Waals surface area contributed by atoms with Crippen LogP contribution in [0.4, 0.5) is 0 Å². The summed E-state index contributed by atoms with van der Waals surface area (Å²) in [6, 6.07) is 9.54. The highest BCUT2D eigenvalue weighted by Gasteiger charge is 2.17. The standard InChI is InChI=1S/C16H17NO2S/c17-16(15-2-1-9-20-15)13(18)5-3-11-4-6-14-12(10-11)7-8-19-14/h1-2,4,6,9-10,16H,3,5,7-8,17H2. The monoisotopic (exact) mass is 287 g/mol. The van der Waals surface area contributed by atoms with Gasteiger partial charge in [-0.1, -0.05) is 18.2 Å². The van der Waals surface area contributed by atoms with E-state index in [2.05, 4.69) is 6.07 Å². The van der Waals surface area contributed by atoms with Gasteiger partial charge in [0, 0.05) is 17.7 Å². The maximum absolute atomic E-state index is 12.1. The maximum Gasteiger partial charge on any atom is 0.155 e. The lowest BCUT2D eigenvalue weighted by Crippen LogP contribution is -2.20. The molecule has 0 radical (unpaired) electrons. The molecule has 4 heteroatoms. The first kappa shape index (κ1) is 13.3. The minimum atomic E-state index is -0.479. The number of thiophene rings is 1. The summed E-state index contributed by atoms with van der Waals surface area (Å²) in [5, 5.41) is 1.95. The third-order valence-electron chi connectivity index (χ3n) is 3.61. The summed E-state index contributed by atoms with van der Waals surface area (Å²) >= 11 is 1.53. The Bertz CT molecular complexity index is 607. The van der Waals surface area contributed by atoms with Gasteiger partial charge >= 0.3 is 0 Å². The minimum absolute atomic E-state index is 0.101. The summed E-state index contributed by atoms with van der Waals surface area (Å²) in [7, 11) is 0. The van der Waals surface area contributed by atoms with Crippen molar-refractivity contribution in [1.82, 2.24) is 0 Å². The molecule has 1 unspecified atom stereocenters. The zero-order chi connectivity index (χ0) is 13.9. The number of benzene rings is 1. The van der Waals surface area contributed by atoms with Gasteiger partial charge in [-0.2, -0.15) is 0 Å². The molecule has 0 spiro atoms. The molecule has 2 aromatic rings. The number of hydrogen-bond donors (Lipinski definition) is 1. The molecule has 0 aliphatic carbocycles. The molecule has 2 heterocycles. The predicted octanol–water partition coefficient (Wildman–Crippen LogP) is 2.88. The van der Waals surface area contributed by atoms with Crippen LogP contribution in [0.1, 0.15) is 28.5 Å². The van der Waals surface area contributed by atoms with Crippen LogP contribution in [0.5, 0.6) is 5.75 Å². The molecule has 0 bridgehead atoms. The van der Waals surface area contributed by atoms with Crippen LogP contribution in [0.25, 0.3) is 0 Å². The Morgan fingerprint density at radius 1 is 1.40 bits per heavy atom. The van der Waals surface area contributed by atoms with Gasteiger partial charge in [-0.15, -0.1) is 11.3 Å². The number of ketones is 1. The topological polar surface area (TPSA) is 52.3 Å². The Balaban J connectivity index is 1.60. The van der Waals surface area contributed by atoms with Crippen molar-refractivity contribution < 1.29 is 9.53 Å². The van der Waals surface area contributed by atoms with E-state index in [1.807, 2.05) is 29.6 Å². The first-order valence-electron chi connectivity index (χ1n) is 6.80. The lowest BCUT2D eigenvalue weighted by molar-refractivity contribution is -0.120. The first-order chi connectivity index (χ1) is 9.74. The van der Waals surface area contributed by atoms with Gasteiger partial charge in [0.05, 0.1) is 12.6 Å². The van der Waals surface area contributed by atoms with E-state index in [9.17, 15) is 4.79 Å². The van der Waals surface area contributed by atoms with Crippen LogP contribution in [-0.2, 0) is 17.6 Å². The Morgan fingerprint density at radius 3 is 3.10 bits per heavy atom. The van der Waals surface area contributed by atoms with Gasteiger partial charge in [-0.3, -0.25) is 4.79 Å². The Kier molecular flexibility index (Phi) is 3.85. The third kappa shape index (κ3) is 2.76. The van der Waals surface area contributed by atoms with E-state index in [-0.39, 0.29) is 5.78 Å². The second-order valence-electron chi connectivity index (χ2n) is 5.00. The Labute approximate surface area is 122 Å². The zero-order valence-electron chi connectivity index (χ0n) is 11.2. The van der Waals surface area contributed by atoms with E-state index in [0.717, 1.165) is 30.1 Å². The van der Waals surface area contributed by atoms with E-state index < -0.39 is 6.04 Å². The van der Waals surface area contributed by atoms with Crippen LogP contribution in [0.3, 0.4) is 0 Å². The lowest BCUT2D eigenvalue weighted by atomic mass is 10.0. The van der Waals surface area contributed by atoms with Crippen LogP contribution in [0.15, 0.2) is 35.7 Å². The molecule has 1 aromatic heterocycles. The van der Waals surface area contributed by atoms with Gasteiger partial charge in [0.15, 0.2) is 5.78 Å². The molecule has 1 atom stereocenters. The number of ether oxygens (including phenoxy) is 1. The normalized spacial score (nSPS) is 14.7. The number of fused-ring (bicyclic) bond motifs is 1. The second kappa shape index (κ2) is 5.77. The van der Waals surface area contributed by atoms with E-state index in [0.29, 0.717) is 6.42 Å². The van der Waals surface area contributed by atoms with Crippen LogP contribution >= 0.6 is 11.3 Å². The van der Waals surface area contributed by atoms with Crippen molar-refractivity contribution >= 4 is 17.1 Å². The zero-order valence-corrected chi connectivity index (χ0v) is 12.0. The van der Waals surface area contributed by atoms with Crippen LogP contribution in [0, 0.1) is 0 Å². The summed E-state index contributed by atoms with van der Waals surface area (Å²) < 4.78 is 5.48. The largest absolute Gasteiger partial charge is 0.493 e. The summed E-state index contributed by atoms with van der Waals surface area (Å²) in [6.45, 7) is 0.765. The highest BCUT2D eigenvalue weighted by molar-refractivity contribution is 7.10.